The molecule has 1 aliphatic heterocycles. The number of rotatable bonds is 10. The van der Waals surface area contributed by atoms with Crippen molar-refractivity contribution in [1.29, 1.82) is 0 Å². The third-order valence-electron chi connectivity index (χ3n) is 5.70. The zero-order valence-electron chi connectivity index (χ0n) is 19.1. The molecule has 2 aromatic heterocycles. The average Bonchev–Trinajstić information content (AvgIpc) is 3.45. The summed E-state index contributed by atoms with van der Waals surface area (Å²) in [5.41, 5.74) is 0.435. The van der Waals surface area contributed by atoms with Crippen LogP contribution in [0.15, 0.2) is 37.3 Å². The minimum Gasteiger partial charge on any atom is -0.504 e. The second-order valence-electron chi connectivity index (χ2n) is 8.07. The number of phenolic OH excluding ortho intramolecular Hbond substituents is 1. The predicted molar refractivity (Wildman–Crippen MR) is 127 cm³/mol. The quantitative estimate of drug-likeness (QED) is 0.434. The molecule has 1 aromatic carbocycles. The van der Waals surface area contributed by atoms with Crippen LogP contribution in [0, 0.1) is 0 Å². The molecule has 0 unspecified atom stereocenters. The molecule has 0 aliphatic carbocycles. The first-order valence-corrected chi connectivity index (χ1v) is 11.6. The van der Waals surface area contributed by atoms with Crippen molar-refractivity contribution in [2.45, 2.75) is 58.5 Å². The Morgan fingerprint density at radius 2 is 1.97 bits per heavy atom. The predicted octanol–water partition coefficient (Wildman–Crippen LogP) is 3.42. The Balaban J connectivity index is 1.43. The van der Waals surface area contributed by atoms with Crippen molar-refractivity contribution in [1.82, 2.24) is 19.3 Å². The van der Waals surface area contributed by atoms with E-state index < -0.39 is 0 Å². The van der Waals surface area contributed by atoms with Crippen LogP contribution < -0.4 is 16.0 Å². The summed E-state index contributed by atoms with van der Waals surface area (Å²) in [5.74, 6) is 1.57. The number of aryl methyl sites for hydroxylation is 1. The Morgan fingerprint density at radius 1 is 1.18 bits per heavy atom. The van der Waals surface area contributed by atoms with Crippen LogP contribution in [0.3, 0.4) is 0 Å². The molecule has 0 radical (unpaired) electrons. The fraction of sp³-hybridized carbons (Fsp3) is 0.435. The van der Waals surface area contributed by atoms with Crippen LogP contribution in [0.25, 0.3) is 11.5 Å². The molecule has 3 heterocycles. The van der Waals surface area contributed by atoms with Crippen LogP contribution in [0.2, 0.25) is 0 Å². The lowest BCUT2D eigenvalue weighted by Crippen LogP contribution is -2.41. The summed E-state index contributed by atoms with van der Waals surface area (Å²) in [6, 6.07) is 4.78. The number of aliphatic imine (C=N–C) groups is 1. The molecule has 1 aliphatic rings. The summed E-state index contributed by atoms with van der Waals surface area (Å²) in [4.78, 5) is 34.5. The van der Waals surface area contributed by atoms with E-state index in [9.17, 15) is 14.7 Å². The molecule has 10 nitrogen and oxygen atoms in total. The van der Waals surface area contributed by atoms with Gasteiger partial charge in [-0.1, -0.05) is 30.1 Å². The van der Waals surface area contributed by atoms with E-state index in [0.29, 0.717) is 65.4 Å². The summed E-state index contributed by atoms with van der Waals surface area (Å²) < 4.78 is 13.3. The van der Waals surface area contributed by atoms with Gasteiger partial charge >= 0.3 is 5.69 Å². The summed E-state index contributed by atoms with van der Waals surface area (Å²) in [6.45, 7) is 2.83. The first kappa shape index (κ1) is 23.7. The van der Waals surface area contributed by atoms with E-state index in [1.807, 2.05) is 6.92 Å². The summed E-state index contributed by atoms with van der Waals surface area (Å²) in [6.07, 6.45) is 3.76. The van der Waals surface area contributed by atoms with Crippen LogP contribution in [0.1, 0.15) is 44.0 Å². The minimum absolute atomic E-state index is 0.0235. The van der Waals surface area contributed by atoms with Crippen molar-refractivity contribution in [2.75, 3.05) is 7.11 Å². The number of phenols is 1. The number of ether oxygens (including phenoxy) is 1. The normalized spacial score (nSPS) is 12.6. The maximum atomic E-state index is 13.0. The molecule has 180 valence electrons. The lowest BCUT2D eigenvalue weighted by atomic mass is 10.2. The molecular formula is C23H26ClN5O5. The highest BCUT2D eigenvalue weighted by Crippen LogP contribution is 2.30. The largest absolute Gasteiger partial charge is 0.504 e. The Bertz CT molecular complexity index is 1340. The first-order valence-electron chi connectivity index (χ1n) is 11.2. The van der Waals surface area contributed by atoms with Crippen LogP contribution in [-0.2, 0) is 25.9 Å². The molecule has 1 N–H and O–H groups in total. The molecule has 3 aromatic rings. The van der Waals surface area contributed by atoms with E-state index in [1.165, 1.54) is 17.7 Å². The van der Waals surface area contributed by atoms with E-state index in [1.54, 1.807) is 16.7 Å². The van der Waals surface area contributed by atoms with Crippen molar-refractivity contribution in [2.24, 2.45) is 4.99 Å². The van der Waals surface area contributed by atoms with E-state index in [-0.39, 0.29) is 30.0 Å². The number of nitrogens with zero attached hydrogens (tertiary/aromatic N) is 5. The second kappa shape index (κ2) is 10.3. The van der Waals surface area contributed by atoms with E-state index in [4.69, 9.17) is 20.9 Å². The molecular weight excluding hydrogens is 462 g/mol. The zero-order valence-corrected chi connectivity index (χ0v) is 19.8. The topological polar surface area (TPSA) is 125 Å². The number of aromatic nitrogens is 4. The van der Waals surface area contributed by atoms with Gasteiger partial charge < -0.3 is 14.4 Å². The van der Waals surface area contributed by atoms with Crippen molar-refractivity contribution >= 4 is 22.6 Å². The molecule has 11 heteroatoms. The Hall–Kier alpha value is -3.40. The standard InChI is InChI=1S/C23H26ClN5O5/c1-3-4-10-28-20-15(13-18(24)25-20)22(31)29(23(28)32)11-6-5-7-19-26-21(34-27-19)14-8-9-16(30)17(12-14)33-2/h8-9,12,30H,3-7,10-11,13H2,1-2H3. The third kappa shape index (κ3) is 4.77. The number of hydrogen-bond donors (Lipinski definition) is 1. The van der Waals surface area contributed by atoms with Gasteiger partial charge in [-0.25, -0.2) is 9.79 Å². The molecule has 0 amide bonds. The molecule has 0 saturated carbocycles. The molecule has 4 rings (SSSR count). The van der Waals surface area contributed by atoms with Gasteiger partial charge in [-0.05, 0) is 37.5 Å². The molecule has 0 fully saturated rings. The zero-order chi connectivity index (χ0) is 24.2. The van der Waals surface area contributed by atoms with Gasteiger partial charge in [0.2, 0.25) is 0 Å². The van der Waals surface area contributed by atoms with Crippen molar-refractivity contribution in [3.63, 3.8) is 0 Å². The maximum Gasteiger partial charge on any atom is 0.332 e. The fourth-order valence-electron chi connectivity index (χ4n) is 3.88. The number of unbranched alkanes of at least 4 members (excludes halogenated alkanes) is 2. The SMILES string of the molecule is CCCCn1c2c(c(=O)n(CCCCc3noc(-c4ccc(O)c(OC)c4)n3)c1=O)CC(Cl)=N2. The molecule has 0 spiro atoms. The monoisotopic (exact) mass is 487 g/mol. The fourth-order valence-corrected chi connectivity index (χ4v) is 4.09. The Kier molecular flexibility index (Phi) is 7.16. The highest BCUT2D eigenvalue weighted by molar-refractivity contribution is 6.66. The van der Waals surface area contributed by atoms with Gasteiger partial charge in [-0.2, -0.15) is 4.98 Å². The summed E-state index contributed by atoms with van der Waals surface area (Å²) >= 11 is 6.07. The van der Waals surface area contributed by atoms with Gasteiger partial charge in [-0.15, -0.1) is 0 Å². The van der Waals surface area contributed by atoms with Gasteiger partial charge in [0.1, 0.15) is 11.0 Å². The number of methoxy groups -OCH3 is 1. The van der Waals surface area contributed by atoms with E-state index in [0.717, 1.165) is 12.8 Å². The van der Waals surface area contributed by atoms with Crippen LogP contribution in [0.4, 0.5) is 5.82 Å². The van der Waals surface area contributed by atoms with Crippen molar-refractivity contribution in [3.8, 4) is 23.0 Å². The molecule has 0 atom stereocenters. The van der Waals surface area contributed by atoms with Gasteiger partial charge in [0.15, 0.2) is 17.3 Å². The Morgan fingerprint density at radius 3 is 2.74 bits per heavy atom. The van der Waals surface area contributed by atoms with Crippen LogP contribution >= 0.6 is 11.6 Å². The molecule has 34 heavy (non-hydrogen) atoms. The smallest absolute Gasteiger partial charge is 0.332 e. The van der Waals surface area contributed by atoms with Crippen LogP contribution in [-0.4, -0.2) is 36.7 Å². The highest BCUT2D eigenvalue weighted by atomic mass is 35.5. The lowest BCUT2D eigenvalue weighted by molar-refractivity contribution is 0.373. The summed E-state index contributed by atoms with van der Waals surface area (Å²) in [7, 11) is 1.46. The molecule has 0 saturated heterocycles. The van der Waals surface area contributed by atoms with Crippen molar-refractivity contribution < 1.29 is 14.4 Å². The van der Waals surface area contributed by atoms with Gasteiger partial charge in [-0.3, -0.25) is 13.9 Å². The summed E-state index contributed by atoms with van der Waals surface area (Å²) in [5, 5.41) is 14.1. The average molecular weight is 488 g/mol. The first-order chi connectivity index (χ1) is 16.4. The third-order valence-corrected chi connectivity index (χ3v) is 5.92. The second-order valence-corrected chi connectivity index (χ2v) is 8.51. The Labute approximate surface area is 200 Å². The van der Waals surface area contributed by atoms with Gasteiger partial charge in [0.05, 0.1) is 12.7 Å². The highest BCUT2D eigenvalue weighted by Gasteiger charge is 2.24. The van der Waals surface area contributed by atoms with E-state index in [2.05, 4.69) is 15.1 Å². The van der Waals surface area contributed by atoms with Crippen LogP contribution in [0.5, 0.6) is 11.5 Å². The number of hydrogen-bond acceptors (Lipinski definition) is 8. The van der Waals surface area contributed by atoms with Crippen molar-refractivity contribution in [3.05, 3.63) is 50.4 Å². The van der Waals surface area contributed by atoms with Gasteiger partial charge in [0, 0.05) is 31.5 Å². The maximum absolute atomic E-state index is 13.0. The molecule has 0 bridgehead atoms. The lowest BCUT2D eigenvalue weighted by Gasteiger charge is -2.13. The number of benzene rings is 1. The minimum atomic E-state index is -0.351. The number of aromatic hydroxyl groups is 1. The number of halogens is 1. The van der Waals surface area contributed by atoms with E-state index >= 15 is 0 Å². The number of fused-ring (bicyclic) bond motifs is 1. The van der Waals surface area contributed by atoms with Gasteiger partial charge in [0.25, 0.3) is 11.4 Å².